The Labute approximate surface area is 151 Å². The van der Waals surface area contributed by atoms with Crippen molar-refractivity contribution in [1.29, 1.82) is 0 Å². The third-order valence-corrected chi connectivity index (χ3v) is 5.25. The maximum atomic E-state index is 13.8. The van der Waals surface area contributed by atoms with E-state index in [0.29, 0.717) is 11.6 Å². The zero-order valence-corrected chi connectivity index (χ0v) is 15.0. The van der Waals surface area contributed by atoms with Gasteiger partial charge in [0.15, 0.2) is 0 Å². The van der Waals surface area contributed by atoms with Crippen molar-refractivity contribution in [1.82, 2.24) is 0 Å². The Bertz CT molecular complexity index is 873. The lowest BCUT2D eigenvalue weighted by atomic mass is 9.65. The van der Waals surface area contributed by atoms with Crippen LogP contribution in [-0.2, 0) is 16.7 Å². The molecule has 4 rings (SSSR count). The van der Waals surface area contributed by atoms with Gasteiger partial charge < -0.3 is 10.5 Å². The predicted octanol–water partition coefficient (Wildman–Crippen LogP) is 4.66. The van der Waals surface area contributed by atoms with Crippen LogP contribution >= 0.6 is 11.6 Å². The molecule has 0 saturated heterocycles. The van der Waals surface area contributed by atoms with E-state index in [1.807, 2.05) is 6.07 Å². The number of hydrogen-bond donors (Lipinski definition) is 1. The minimum Gasteiger partial charge on any atom is -0.462 e. The molecule has 1 aliphatic heterocycles. The molecule has 2 aromatic rings. The molecule has 0 radical (unpaired) electrons. The smallest absolute Gasteiger partial charge is 0.283 e. The Morgan fingerprint density at radius 3 is 2.64 bits per heavy atom. The van der Waals surface area contributed by atoms with E-state index >= 15 is 0 Å². The van der Waals surface area contributed by atoms with Crippen molar-refractivity contribution >= 4 is 17.6 Å². The van der Waals surface area contributed by atoms with Gasteiger partial charge in [-0.05, 0) is 64.8 Å². The van der Waals surface area contributed by atoms with Crippen molar-refractivity contribution in [2.45, 2.75) is 32.2 Å². The van der Waals surface area contributed by atoms with Crippen molar-refractivity contribution in [3.63, 3.8) is 0 Å². The minimum atomic E-state index is -0.464. The number of amidine groups is 1. The highest BCUT2D eigenvalue weighted by molar-refractivity contribution is 6.30. The Kier molecular flexibility index (Phi) is 3.58. The summed E-state index contributed by atoms with van der Waals surface area (Å²) in [7, 11) is 0. The fourth-order valence-electron chi connectivity index (χ4n) is 4.23. The van der Waals surface area contributed by atoms with Crippen LogP contribution in [0, 0.1) is 11.2 Å². The molecule has 3 nitrogen and oxygen atoms in total. The van der Waals surface area contributed by atoms with E-state index < -0.39 is 5.54 Å². The highest BCUT2D eigenvalue weighted by Gasteiger charge is 2.47. The lowest BCUT2D eigenvalue weighted by Gasteiger charge is -2.41. The first-order valence-corrected chi connectivity index (χ1v) is 8.72. The summed E-state index contributed by atoms with van der Waals surface area (Å²) in [6.45, 7) is 4.92. The van der Waals surface area contributed by atoms with Crippen LogP contribution in [0.5, 0.6) is 0 Å². The van der Waals surface area contributed by atoms with E-state index in [1.54, 1.807) is 6.07 Å². The van der Waals surface area contributed by atoms with Crippen molar-refractivity contribution in [2.24, 2.45) is 16.1 Å². The molecular weight excluding hydrogens is 339 g/mol. The van der Waals surface area contributed by atoms with Gasteiger partial charge in [0.05, 0.1) is 0 Å². The summed E-state index contributed by atoms with van der Waals surface area (Å²) in [4.78, 5) is 4.66. The molecule has 5 heteroatoms. The number of rotatable bonds is 1. The van der Waals surface area contributed by atoms with Gasteiger partial charge in [0.25, 0.3) is 6.02 Å². The molecule has 0 aromatic heterocycles. The van der Waals surface area contributed by atoms with Crippen LogP contribution in [0.4, 0.5) is 4.39 Å². The summed E-state index contributed by atoms with van der Waals surface area (Å²) in [5, 5.41) is 0.384. The summed E-state index contributed by atoms with van der Waals surface area (Å²) in [6, 6.07) is 11.0. The predicted molar refractivity (Wildman–Crippen MR) is 98.2 cm³/mol. The highest BCUT2D eigenvalue weighted by atomic mass is 35.5. The van der Waals surface area contributed by atoms with E-state index in [1.165, 1.54) is 17.7 Å². The largest absolute Gasteiger partial charge is 0.462 e. The maximum Gasteiger partial charge on any atom is 0.283 e. The molecule has 2 aliphatic rings. The normalized spacial score (nSPS) is 23.9. The van der Waals surface area contributed by atoms with Gasteiger partial charge in [0.2, 0.25) is 0 Å². The maximum absolute atomic E-state index is 13.8. The third-order valence-electron chi connectivity index (χ3n) is 5.03. The number of ether oxygens (including phenoxy) is 1. The third kappa shape index (κ3) is 2.89. The van der Waals surface area contributed by atoms with Crippen LogP contribution < -0.4 is 5.73 Å². The number of hydrogen-bond acceptors (Lipinski definition) is 3. The van der Waals surface area contributed by atoms with E-state index in [0.717, 1.165) is 29.5 Å². The molecule has 25 heavy (non-hydrogen) atoms. The standard InChI is InChI=1S/C20H20ClFN2O/c1-19(2)9-13-4-3-12(14-5-15(21)8-16(22)6-14)7-17(13)20(10-19)11-25-18(23)24-20/h3-8H,9-11H2,1-2H3,(H2,23,24). The van der Waals surface area contributed by atoms with Gasteiger partial charge in [-0.2, -0.15) is 0 Å². The second-order valence-electron chi connectivity index (χ2n) is 7.82. The van der Waals surface area contributed by atoms with E-state index in [4.69, 9.17) is 22.1 Å². The molecule has 130 valence electrons. The fourth-order valence-corrected chi connectivity index (χ4v) is 4.45. The molecule has 1 heterocycles. The number of nitrogens with zero attached hydrogens (tertiary/aromatic N) is 1. The molecular formula is C20H20ClFN2O. The first-order chi connectivity index (χ1) is 11.8. The van der Waals surface area contributed by atoms with Crippen LogP contribution in [0.25, 0.3) is 11.1 Å². The molecule has 0 saturated carbocycles. The quantitative estimate of drug-likeness (QED) is 0.806. The van der Waals surface area contributed by atoms with Gasteiger partial charge in [0, 0.05) is 5.02 Å². The van der Waals surface area contributed by atoms with Crippen LogP contribution in [0.1, 0.15) is 31.4 Å². The average molecular weight is 359 g/mol. The van der Waals surface area contributed by atoms with Crippen LogP contribution in [0.3, 0.4) is 0 Å². The van der Waals surface area contributed by atoms with E-state index in [2.05, 4.69) is 31.0 Å². The van der Waals surface area contributed by atoms with Crippen LogP contribution in [-0.4, -0.2) is 12.6 Å². The topological polar surface area (TPSA) is 47.6 Å². The van der Waals surface area contributed by atoms with Crippen molar-refractivity contribution < 1.29 is 9.13 Å². The van der Waals surface area contributed by atoms with Gasteiger partial charge in [-0.15, -0.1) is 0 Å². The Morgan fingerprint density at radius 2 is 1.96 bits per heavy atom. The number of benzene rings is 2. The summed E-state index contributed by atoms with van der Waals surface area (Å²) < 4.78 is 19.3. The summed E-state index contributed by atoms with van der Waals surface area (Å²) in [6.07, 6.45) is 1.82. The van der Waals surface area contributed by atoms with E-state index in [-0.39, 0.29) is 17.3 Å². The Hall–Kier alpha value is -2.07. The second kappa shape index (κ2) is 5.46. The molecule has 1 atom stereocenters. The first-order valence-electron chi connectivity index (χ1n) is 8.34. The average Bonchev–Trinajstić information content (AvgIpc) is 2.86. The van der Waals surface area contributed by atoms with Crippen molar-refractivity contribution in [3.05, 3.63) is 58.4 Å². The lowest BCUT2D eigenvalue weighted by Crippen LogP contribution is -2.39. The van der Waals surface area contributed by atoms with Gasteiger partial charge in [-0.25, -0.2) is 9.38 Å². The number of nitrogens with two attached hydrogens (primary N) is 1. The molecule has 0 bridgehead atoms. The van der Waals surface area contributed by atoms with Gasteiger partial charge in [-0.3, -0.25) is 0 Å². The summed E-state index contributed by atoms with van der Waals surface area (Å²) >= 11 is 6.02. The number of fused-ring (bicyclic) bond motifs is 2. The second-order valence-corrected chi connectivity index (χ2v) is 8.25. The van der Waals surface area contributed by atoms with Gasteiger partial charge >= 0.3 is 0 Å². The molecule has 1 spiro atoms. The molecule has 0 amide bonds. The fraction of sp³-hybridized carbons (Fsp3) is 0.350. The summed E-state index contributed by atoms with van der Waals surface area (Å²) in [5.74, 6) is -0.345. The van der Waals surface area contributed by atoms with E-state index in [9.17, 15) is 4.39 Å². The van der Waals surface area contributed by atoms with Crippen LogP contribution in [0.15, 0.2) is 41.4 Å². The molecule has 2 N–H and O–H groups in total. The first kappa shape index (κ1) is 16.4. The highest BCUT2D eigenvalue weighted by Crippen LogP contribution is 2.49. The van der Waals surface area contributed by atoms with Crippen LogP contribution in [0.2, 0.25) is 5.02 Å². The monoisotopic (exact) mass is 358 g/mol. The zero-order chi connectivity index (χ0) is 17.8. The van der Waals surface area contributed by atoms with Gasteiger partial charge in [0.1, 0.15) is 18.0 Å². The molecule has 0 fully saturated rings. The molecule has 2 aromatic carbocycles. The summed E-state index contributed by atoms with van der Waals surface area (Å²) in [5.41, 5.74) is 9.50. The SMILES string of the molecule is CC1(C)Cc2ccc(-c3cc(F)cc(Cl)c3)cc2C2(COC(N)=N2)C1. The minimum absolute atomic E-state index is 0.105. The number of halogens is 2. The Morgan fingerprint density at radius 1 is 1.16 bits per heavy atom. The van der Waals surface area contributed by atoms with Crippen molar-refractivity contribution in [3.8, 4) is 11.1 Å². The molecule has 1 aliphatic carbocycles. The molecule has 1 unspecified atom stereocenters. The Balaban J connectivity index is 1.88. The number of aliphatic imine (C=N–C) groups is 1. The van der Waals surface area contributed by atoms with Gasteiger partial charge in [-0.1, -0.05) is 37.6 Å². The lowest BCUT2D eigenvalue weighted by molar-refractivity contribution is 0.163. The zero-order valence-electron chi connectivity index (χ0n) is 14.3. The van der Waals surface area contributed by atoms with Crippen molar-refractivity contribution in [2.75, 3.05) is 6.61 Å².